The predicted molar refractivity (Wildman–Crippen MR) is 129 cm³/mol. The van der Waals surface area contributed by atoms with Gasteiger partial charge in [0.25, 0.3) is 0 Å². The lowest BCUT2D eigenvalue weighted by molar-refractivity contribution is -0.143. The number of nitrogens with one attached hydrogen (secondary N) is 1. The summed E-state index contributed by atoms with van der Waals surface area (Å²) in [6, 6.07) is 9.61. The average molecular weight is 530 g/mol. The Morgan fingerprint density at radius 2 is 1.59 bits per heavy atom. The largest absolute Gasteiger partial charge is 0.416 e. The Balaban J connectivity index is 1.79. The highest BCUT2D eigenvalue weighted by Crippen LogP contribution is 2.37. The molecule has 1 saturated heterocycles. The van der Waals surface area contributed by atoms with Gasteiger partial charge in [0, 0.05) is 38.4 Å². The van der Waals surface area contributed by atoms with Gasteiger partial charge in [0.1, 0.15) is 0 Å². The topological polar surface area (TPSA) is 44.8 Å². The highest BCUT2D eigenvalue weighted by atomic mass is 19.4. The van der Waals surface area contributed by atoms with Crippen LogP contribution in [-0.4, -0.2) is 61.8 Å². The maximum atomic E-state index is 13.2. The second-order valence-corrected chi connectivity index (χ2v) is 8.86. The van der Waals surface area contributed by atoms with Gasteiger partial charge in [-0.3, -0.25) is 4.90 Å². The highest BCUT2D eigenvalue weighted by molar-refractivity contribution is 5.90. The van der Waals surface area contributed by atoms with Crippen LogP contribution in [0.1, 0.15) is 30.0 Å². The van der Waals surface area contributed by atoms with E-state index in [-0.39, 0.29) is 19.2 Å². The molecule has 0 radical (unpaired) electrons. The monoisotopic (exact) mass is 529 g/mol. The van der Waals surface area contributed by atoms with Gasteiger partial charge in [0.05, 0.1) is 24.3 Å². The van der Waals surface area contributed by atoms with E-state index >= 15 is 0 Å². The van der Waals surface area contributed by atoms with Crippen LogP contribution in [0, 0.1) is 0 Å². The summed E-state index contributed by atoms with van der Waals surface area (Å²) in [6.07, 6.45) is -7.57. The Morgan fingerprint density at radius 3 is 2.16 bits per heavy atom. The Hall–Kier alpha value is -3.05. The molecule has 2 aromatic rings. The summed E-state index contributed by atoms with van der Waals surface area (Å²) in [5.74, 6) is 0. The van der Waals surface area contributed by atoms with E-state index < -0.39 is 35.2 Å². The molecule has 1 aliphatic heterocycles. The minimum atomic E-state index is -5.01. The second kappa shape index (κ2) is 12.5. The van der Waals surface area contributed by atoms with E-state index in [1.165, 1.54) is 4.90 Å². The summed E-state index contributed by atoms with van der Waals surface area (Å²) < 4.78 is 84.8. The van der Waals surface area contributed by atoms with Crippen LogP contribution >= 0.6 is 0 Å². The summed E-state index contributed by atoms with van der Waals surface area (Å²) in [7, 11) is 0. The van der Waals surface area contributed by atoms with Gasteiger partial charge in [-0.15, -0.1) is 0 Å². The molecule has 0 unspecified atom stereocenters. The minimum Gasteiger partial charge on any atom is -0.379 e. The number of urea groups is 1. The van der Waals surface area contributed by atoms with Gasteiger partial charge < -0.3 is 15.0 Å². The third-order valence-electron chi connectivity index (χ3n) is 5.79. The fraction of sp³-hybridized carbons (Fsp3) is 0.423. The van der Waals surface area contributed by atoms with E-state index in [1.807, 2.05) is 36.4 Å². The van der Waals surface area contributed by atoms with Gasteiger partial charge in [-0.05, 0) is 37.1 Å². The Kier molecular flexibility index (Phi) is 9.61. The lowest BCUT2D eigenvalue weighted by Gasteiger charge is -2.28. The zero-order valence-corrected chi connectivity index (χ0v) is 20.3. The zero-order valence-electron chi connectivity index (χ0n) is 20.3. The number of amides is 2. The maximum Gasteiger partial charge on any atom is 0.416 e. The van der Waals surface area contributed by atoms with Crippen LogP contribution in [0.2, 0.25) is 0 Å². The molecule has 0 bridgehead atoms. The van der Waals surface area contributed by atoms with E-state index in [2.05, 4.69) is 10.2 Å². The summed E-state index contributed by atoms with van der Waals surface area (Å²) in [5.41, 5.74) is -1.85. The molecular weight excluding hydrogens is 500 g/mol. The number of rotatable bonds is 8. The molecule has 2 aromatic carbocycles. The molecule has 37 heavy (non-hydrogen) atoms. The molecule has 0 atom stereocenters. The van der Waals surface area contributed by atoms with Crippen molar-refractivity contribution in [3.05, 3.63) is 70.8 Å². The van der Waals surface area contributed by atoms with Gasteiger partial charge in [0.15, 0.2) is 0 Å². The molecular formula is C26H29F6N3O2. The quantitative estimate of drug-likeness (QED) is 0.404. The van der Waals surface area contributed by atoms with Crippen LogP contribution in [0.15, 0.2) is 54.1 Å². The van der Waals surface area contributed by atoms with Crippen LogP contribution in [0.25, 0.3) is 6.08 Å². The number of hydrogen-bond donors (Lipinski definition) is 1. The number of carbonyl (C=O) groups is 1. The average Bonchev–Trinajstić information content (AvgIpc) is 2.83. The first-order chi connectivity index (χ1) is 17.4. The number of carbonyl (C=O) groups excluding carboxylic acids is 1. The lowest BCUT2D eigenvalue weighted by Crippen LogP contribution is -2.40. The van der Waals surface area contributed by atoms with Crippen molar-refractivity contribution in [2.24, 2.45) is 0 Å². The van der Waals surface area contributed by atoms with Crippen molar-refractivity contribution in [3.63, 3.8) is 0 Å². The van der Waals surface area contributed by atoms with E-state index in [4.69, 9.17) is 4.74 Å². The molecule has 1 N–H and O–H groups in total. The van der Waals surface area contributed by atoms with Crippen molar-refractivity contribution in [1.82, 2.24) is 9.80 Å². The zero-order chi connectivity index (χ0) is 27.1. The first-order valence-electron chi connectivity index (χ1n) is 11.8. The molecule has 1 fully saturated rings. The van der Waals surface area contributed by atoms with Gasteiger partial charge in [-0.1, -0.05) is 42.0 Å². The Bertz CT molecular complexity index is 1030. The molecule has 2 amide bonds. The van der Waals surface area contributed by atoms with Crippen molar-refractivity contribution in [2.45, 2.75) is 25.7 Å². The third kappa shape index (κ3) is 9.08. The van der Waals surface area contributed by atoms with E-state index in [0.717, 1.165) is 24.2 Å². The number of halogens is 6. The van der Waals surface area contributed by atoms with Crippen LogP contribution in [0.5, 0.6) is 0 Å². The number of ether oxygens (including phenoxy) is 1. The first-order valence-corrected chi connectivity index (χ1v) is 11.8. The second-order valence-electron chi connectivity index (χ2n) is 8.86. The summed E-state index contributed by atoms with van der Waals surface area (Å²) in [5, 5.41) is 2.25. The van der Waals surface area contributed by atoms with Crippen molar-refractivity contribution < 1.29 is 35.9 Å². The number of alkyl halides is 6. The third-order valence-corrected chi connectivity index (χ3v) is 5.79. The van der Waals surface area contributed by atoms with E-state index in [0.29, 0.717) is 38.3 Å². The number of hydrogen-bond acceptors (Lipinski definition) is 3. The molecule has 3 rings (SSSR count). The Labute approximate surface area is 211 Å². The first kappa shape index (κ1) is 28.5. The van der Waals surface area contributed by atoms with E-state index in [9.17, 15) is 31.1 Å². The van der Waals surface area contributed by atoms with Crippen molar-refractivity contribution in [3.8, 4) is 0 Å². The van der Waals surface area contributed by atoms with Crippen LogP contribution in [-0.2, 0) is 17.1 Å². The molecule has 202 valence electrons. The molecule has 5 nitrogen and oxygen atoms in total. The van der Waals surface area contributed by atoms with Gasteiger partial charge in [-0.25, -0.2) is 4.79 Å². The summed E-state index contributed by atoms with van der Waals surface area (Å²) in [6.45, 7) is 5.62. The smallest absolute Gasteiger partial charge is 0.379 e. The van der Waals surface area contributed by atoms with Gasteiger partial charge >= 0.3 is 18.4 Å². The number of anilines is 1. The van der Waals surface area contributed by atoms with Gasteiger partial charge in [0.2, 0.25) is 0 Å². The molecule has 0 aliphatic carbocycles. The van der Waals surface area contributed by atoms with Gasteiger partial charge in [-0.2, -0.15) is 26.3 Å². The molecule has 11 heteroatoms. The predicted octanol–water partition coefficient (Wildman–Crippen LogP) is 6.38. The van der Waals surface area contributed by atoms with Crippen molar-refractivity contribution in [2.75, 3.05) is 51.3 Å². The lowest BCUT2D eigenvalue weighted by atomic mass is 10.1. The Morgan fingerprint density at radius 1 is 1.00 bits per heavy atom. The SMILES string of the molecule is CC(=Cc1ccccc1)CN(CCCN1CCOCC1)C(=O)Nc1cc(C(F)(F)F)cc(C(F)(F)F)c1. The van der Waals surface area contributed by atoms with Crippen molar-refractivity contribution >= 4 is 17.8 Å². The summed E-state index contributed by atoms with van der Waals surface area (Å²) in [4.78, 5) is 16.7. The van der Waals surface area contributed by atoms with Crippen LogP contribution < -0.4 is 5.32 Å². The fourth-order valence-electron chi connectivity index (χ4n) is 3.97. The number of benzene rings is 2. The number of nitrogens with zero attached hydrogens (tertiary/aromatic N) is 2. The number of morpholine rings is 1. The van der Waals surface area contributed by atoms with Crippen LogP contribution in [0.3, 0.4) is 0 Å². The normalized spacial score (nSPS) is 15.5. The molecule has 0 aromatic heterocycles. The standard InChI is InChI=1S/C26H29F6N3O2/c1-19(14-20-6-3-2-4-7-20)18-35(9-5-8-34-10-12-37-13-11-34)24(36)33-23-16-21(25(27,28)29)15-22(17-23)26(30,31)32/h2-4,6-7,14-17H,5,8-13,18H2,1H3,(H,33,36). The maximum absolute atomic E-state index is 13.2. The molecule has 1 aliphatic rings. The summed E-state index contributed by atoms with van der Waals surface area (Å²) >= 11 is 0. The minimum absolute atomic E-state index is 0.0303. The van der Waals surface area contributed by atoms with Crippen molar-refractivity contribution in [1.29, 1.82) is 0 Å². The highest BCUT2D eigenvalue weighted by Gasteiger charge is 2.37. The fourth-order valence-corrected chi connectivity index (χ4v) is 3.97. The molecule has 0 spiro atoms. The van der Waals surface area contributed by atoms with Crippen LogP contribution in [0.4, 0.5) is 36.8 Å². The molecule has 0 saturated carbocycles. The molecule has 1 heterocycles. The van der Waals surface area contributed by atoms with E-state index in [1.54, 1.807) is 6.92 Å².